The maximum Gasteiger partial charge on any atom is 0.263 e. The number of amides is 1. The van der Waals surface area contributed by atoms with Crippen LogP contribution in [0.2, 0.25) is 0 Å². The summed E-state index contributed by atoms with van der Waals surface area (Å²) in [6, 6.07) is 5.51. The van der Waals surface area contributed by atoms with Crippen molar-refractivity contribution in [1.82, 2.24) is 10.3 Å². The number of nitrogens with one attached hydrogen (secondary N) is 1. The molecule has 0 aromatic carbocycles. The Morgan fingerprint density at radius 3 is 3.04 bits per heavy atom. The first-order valence-corrected chi connectivity index (χ1v) is 7.89. The Labute approximate surface area is 137 Å². The topological polar surface area (TPSA) is 90.4 Å². The lowest BCUT2D eigenvalue weighted by Gasteiger charge is -2.05. The van der Waals surface area contributed by atoms with E-state index >= 15 is 0 Å². The van der Waals surface area contributed by atoms with Crippen LogP contribution in [-0.2, 0) is 17.9 Å². The minimum atomic E-state index is -0.233. The summed E-state index contributed by atoms with van der Waals surface area (Å²) < 4.78 is 10.4. The summed E-state index contributed by atoms with van der Waals surface area (Å²) in [5.41, 5.74) is 8.45. The number of carbonyl (C=O) groups excluding carboxylic acids is 1. The van der Waals surface area contributed by atoms with Crippen LogP contribution in [0.4, 0.5) is 5.69 Å². The SMILES string of the molecule is COCc1cc(C)nc2sc(C(=O)NCc3ccco3)c(N)c12. The van der Waals surface area contributed by atoms with E-state index in [0.29, 0.717) is 29.5 Å². The van der Waals surface area contributed by atoms with Gasteiger partial charge in [0, 0.05) is 18.2 Å². The molecule has 0 bridgehead atoms. The molecule has 0 unspecified atom stereocenters. The molecule has 0 aliphatic heterocycles. The summed E-state index contributed by atoms with van der Waals surface area (Å²) in [5.74, 6) is 0.454. The number of pyridine rings is 1. The molecule has 3 heterocycles. The highest BCUT2D eigenvalue weighted by Crippen LogP contribution is 2.35. The van der Waals surface area contributed by atoms with E-state index in [4.69, 9.17) is 14.9 Å². The Morgan fingerprint density at radius 2 is 2.35 bits per heavy atom. The second-order valence-electron chi connectivity index (χ2n) is 5.14. The van der Waals surface area contributed by atoms with Crippen molar-refractivity contribution in [1.29, 1.82) is 0 Å². The van der Waals surface area contributed by atoms with Gasteiger partial charge < -0.3 is 20.2 Å². The molecule has 120 valence electrons. The van der Waals surface area contributed by atoms with Crippen molar-refractivity contribution in [2.24, 2.45) is 0 Å². The van der Waals surface area contributed by atoms with Crippen LogP contribution < -0.4 is 11.1 Å². The van der Waals surface area contributed by atoms with Gasteiger partial charge in [0.15, 0.2) is 0 Å². The van der Waals surface area contributed by atoms with Crippen molar-refractivity contribution in [3.63, 3.8) is 0 Å². The van der Waals surface area contributed by atoms with Gasteiger partial charge in [-0.05, 0) is 30.7 Å². The predicted molar refractivity (Wildman–Crippen MR) is 89.4 cm³/mol. The standard InChI is InChI=1S/C16H17N3O3S/c1-9-6-10(8-21-2)12-13(17)14(23-16(12)19-9)15(20)18-7-11-4-3-5-22-11/h3-6H,7-8,17H2,1-2H3,(H,18,20). The van der Waals surface area contributed by atoms with Crippen molar-refractivity contribution < 1.29 is 13.9 Å². The quantitative estimate of drug-likeness (QED) is 0.750. The maximum atomic E-state index is 12.4. The second kappa shape index (κ2) is 6.39. The van der Waals surface area contributed by atoms with Crippen LogP contribution in [0.5, 0.6) is 0 Å². The molecule has 7 heteroatoms. The predicted octanol–water partition coefficient (Wildman–Crippen LogP) is 2.86. The fourth-order valence-electron chi connectivity index (χ4n) is 2.44. The number of methoxy groups -OCH3 is 1. The normalized spacial score (nSPS) is 11.0. The zero-order valence-electron chi connectivity index (χ0n) is 12.9. The Bertz CT molecular complexity index is 840. The molecule has 0 saturated heterocycles. The highest BCUT2D eigenvalue weighted by Gasteiger charge is 2.20. The molecule has 3 rings (SSSR count). The minimum absolute atomic E-state index is 0.233. The molecule has 0 saturated carbocycles. The monoisotopic (exact) mass is 331 g/mol. The van der Waals surface area contributed by atoms with Crippen molar-refractivity contribution in [2.75, 3.05) is 12.8 Å². The van der Waals surface area contributed by atoms with Crippen LogP contribution in [0, 0.1) is 6.92 Å². The molecule has 0 aliphatic rings. The third-order valence-corrected chi connectivity index (χ3v) is 4.52. The summed E-state index contributed by atoms with van der Waals surface area (Å²) in [7, 11) is 1.63. The number of furan rings is 1. The fraction of sp³-hybridized carbons (Fsp3) is 0.250. The van der Waals surface area contributed by atoms with Gasteiger partial charge in [0.2, 0.25) is 0 Å². The van der Waals surface area contributed by atoms with Gasteiger partial charge in [-0.15, -0.1) is 11.3 Å². The summed E-state index contributed by atoms with van der Waals surface area (Å²) >= 11 is 1.29. The summed E-state index contributed by atoms with van der Waals surface area (Å²) in [5, 5.41) is 3.60. The van der Waals surface area contributed by atoms with E-state index in [2.05, 4.69) is 10.3 Å². The van der Waals surface area contributed by atoms with Gasteiger partial charge >= 0.3 is 0 Å². The smallest absolute Gasteiger partial charge is 0.263 e. The number of hydrogen-bond donors (Lipinski definition) is 2. The third-order valence-electron chi connectivity index (χ3n) is 3.42. The Balaban J connectivity index is 1.93. The molecule has 0 fully saturated rings. The fourth-order valence-corrected chi connectivity index (χ4v) is 3.54. The van der Waals surface area contributed by atoms with Gasteiger partial charge in [0.25, 0.3) is 5.91 Å². The summed E-state index contributed by atoms with van der Waals surface area (Å²) in [4.78, 5) is 18.1. The van der Waals surface area contributed by atoms with Crippen LogP contribution in [0.3, 0.4) is 0 Å². The van der Waals surface area contributed by atoms with Crippen LogP contribution in [0.25, 0.3) is 10.2 Å². The molecule has 3 N–H and O–H groups in total. The number of fused-ring (bicyclic) bond motifs is 1. The number of ether oxygens (including phenoxy) is 1. The largest absolute Gasteiger partial charge is 0.467 e. The molecular formula is C16H17N3O3S. The summed E-state index contributed by atoms with van der Waals surface area (Å²) in [6.45, 7) is 2.65. The highest BCUT2D eigenvalue weighted by atomic mass is 32.1. The van der Waals surface area contributed by atoms with E-state index in [0.717, 1.165) is 21.5 Å². The van der Waals surface area contributed by atoms with E-state index in [1.165, 1.54) is 11.3 Å². The van der Waals surface area contributed by atoms with E-state index in [9.17, 15) is 4.79 Å². The third kappa shape index (κ3) is 3.06. The van der Waals surface area contributed by atoms with Crippen LogP contribution in [0.15, 0.2) is 28.9 Å². The number of hydrogen-bond acceptors (Lipinski definition) is 6. The van der Waals surface area contributed by atoms with Crippen LogP contribution in [0.1, 0.15) is 26.7 Å². The second-order valence-corrected chi connectivity index (χ2v) is 6.14. The number of anilines is 1. The van der Waals surface area contributed by atoms with Crippen molar-refractivity contribution in [2.45, 2.75) is 20.1 Å². The lowest BCUT2D eigenvalue weighted by molar-refractivity contribution is 0.0953. The molecule has 1 amide bonds. The van der Waals surface area contributed by atoms with E-state index in [1.54, 1.807) is 25.5 Å². The Morgan fingerprint density at radius 1 is 1.52 bits per heavy atom. The lowest BCUT2D eigenvalue weighted by Crippen LogP contribution is -2.22. The first-order valence-electron chi connectivity index (χ1n) is 7.08. The van der Waals surface area contributed by atoms with Gasteiger partial charge in [-0.2, -0.15) is 0 Å². The Kier molecular flexibility index (Phi) is 4.31. The zero-order chi connectivity index (χ0) is 16.4. The van der Waals surface area contributed by atoms with Crippen molar-refractivity contribution in [3.8, 4) is 0 Å². The van der Waals surface area contributed by atoms with Gasteiger partial charge in [0.1, 0.15) is 15.5 Å². The van der Waals surface area contributed by atoms with Gasteiger partial charge in [-0.1, -0.05) is 0 Å². The molecule has 6 nitrogen and oxygen atoms in total. The van der Waals surface area contributed by atoms with Gasteiger partial charge in [-0.25, -0.2) is 4.98 Å². The number of rotatable bonds is 5. The minimum Gasteiger partial charge on any atom is -0.467 e. The van der Waals surface area contributed by atoms with Crippen LogP contribution in [-0.4, -0.2) is 18.0 Å². The summed E-state index contributed by atoms with van der Waals surface area (Å²) in [6.07, 6.45) is 1.57. The number of nitrogens with two attached hydrogens (primary N) is 1. The number of nitrogen functional groups attached to an aromatic ring is 1. The molecule has 0 spiro atoms. The van der Waals surface area contributed by atoms with Crippen molar-refractivity contribution in [3.05, 3.63) is 46.4 Å². The average Bonchev–Trinajstić information content (AvgIpc) is 3.13. The zero-order valence-corrected chi connectivity index (χ0v) is 13.7. The van der Waals surface area contributed by atoms with Crippen LogP contribution >= 0.6 is 11.3 Å². The lowest BCUT2D eigenvalue weighted by atomic mass is 10.1. The average molecular weight is 331 g/mol. The highest BCUT2D eigenvalue weighted by molar-refractivity contribution is 7.21. The molecule has 0 atom stereocenters. The molecule has 0 aliphatic carbocycles. The number of thiophene rings is 1. The number of carbonyl (C=O) groups is 1. The first kappa shape index (κ1) is 15.5. The molecule has 0 radical (unpaired) electrons. The van der Waals surface area contributed by atoms with Gasteiger partial charge in [0.05, 0.1) is 25.1 Å². The maximum absolute atomic E-state index is 12.4. The molecule has 3 aromatic rings. The van der Waals surface area contributed by atoms with E-state index < -0.39 is 0 Å². The molecular weight excluding hydrogens is 314 g/mol. The van der Waals surface area contributed by atoms with E-state index in [-0.39, 0.29) is 5.91 Å². The molecule has 23 heavy (non-hydrogen) atoms. The number of nitrogens with zero attached hydrogens (tertiary/aromatic N) is 1. The van der Waals surface area contributed by atoms with Gasteiger partial charge in [-0.3, -0.25) is 4.79 Å². The van der Waals surface area contributed by atoms with Crippen molar-refractivity contribution >= 4 is 33.1 Å². The first-order chi connectivity index (χ1) is 11.1. The molecule has 3 aromatic heterocycles. The number of aryl methyl sites for hydroxylation is 1. The number of aromatic nitrogens is 1. The Hall–Kier alpha value is -2.38. The van der Waals surface area contributed by atoms with E-state index in [1.807, 2.05) is 13.0 Å².